The van der Waals surface area contributed by atoms with Crippen LogP contribution in [0.25, 0.3) is 11.2 Å². The lowest BCUT2D eigenvalue weighted by Crippen LogP contribution is -2.37. The number of hydrogen-bond acceptors (Lipinski definition) is 4. The Morgan fingerprint density at radius 3 is 2.65 bits per heavy atom. The molecule has 0 amide bonds. The van der Waals surface area contributed by atoms with Gasteiger partial charge in [-0.05, 0) is 26.3 Å². The normalized spacial score (nSPS) is 19.1. The summed E-state index contributed by atoms with van der Waals surface area (Å²) in [5, 5.41) is 3.40. The summed E-state index contributed by atoms with van der Waals surface area (Å²) in [6.45, 7) is 3.62. The Morgan fingerprint density at radius 2 is 2.05 bits per heavy atom. The zero-order chi connectivity index (χ0) is 14.4. The van der Waals surface area contributed by atoms with Gasteiger partial charge in [-0.1, -0.05) is 0 Å². The van der Waals surface area contributed by atoms with Crippen molar-refractivity contribution in [3.63, 3.8) is 0 Å². The van der Waals surface area contributed by atoms with Crippen LogP contribution in [-0.2, 0) is 20.6 Å². The van der Waals surface area contributed by atoms with Crippen LogP contribution in [0.3, 0.4) is 0 Å². The van der Waals surface area contributed by atoms with Crippen molar-refractivity contribution in [1.29, 1.82) is 0 Å². The molecule has 1 N–H and O–H groups in total. The summed E-state index contributed by atoms with van der Waals surface area (Å²) in [5.74, 6) is 0.860. The minimum atomic E-state index is -0.339. The van der Waals surface area contributed by atoms with Gasteiger partial charge in [0.1, 0.15) is 5.82 Å². The number of aromatic nitrogens is 4. The molecule has 2 aromatic rings. The van der Waals surface area contributed by atoms with Crippen LogP contribution in [-0.4, -0.2) is 25.2 Å². The predicted molar refractivity (Wildman–Crippen MR) is 75.9 cm³/mol. The van der Waals surface area contributed by atoms with Gasteiger partial charge in [-0.3, -0.25) is 13.9 Å². The van der Waals surface area contributed by atoms with Gasteiger partial charge in [-0.25, -0.2) is 9.78 Å². The lowest BCUT2D eigenvalue weighted by molar-refractivity contribution is 0.564. The fourth-order valence-corrected chi connectivity index (χ4v) is 2.95. The monoisotopic (exact) mass is 277 g/mol. The average Bonchev–Trinajstić information content (AvgIpc) is 3.08. The zero-order valence-electron chi connectivity index (χ0n) is 12.0. The van der Waals surface area contributed by atoms with Gasteiger partial charge in [-0.15, -0.1) is 0 Å². The molecule has 0 bridgehead atoms. The number of aryl methyl sites for hydroxylation is 2. The van der Waals surface area contributed by atoms with E-state index < -0.39 is 0 Å². The van der Waals surface area contributed by atoms with E-state index >= 15 is 0 Å². The Morgan fingerprint density at radius 1 is 1.30 bits per heavy atom. The van der Waals surface area contributed by atoms with Crippen molar-refractivity contribution in [3.8, 4) is 0 Å². The van der Waals surface area contributed by atoms with Gasteiger partial charge in [0, 0.05) is 20.6 Å². The van der Waals surface area contributed by atoms with E-state index in [2.05, 4.69) is 10.3 Å². The predicted octanol–water partition coefficient (Wildman–Crippen LogP) is -0.122. The first kappa shape index (κ1) is 13.1. The number of fused-ring (bicyclic) bond motifs is 1. The molecular weight excluding hydrogens is 258 g/mol. The second-order valence-electron chi connectivity index (χ2n) is 5.24. The van der Waals surface area contributed by atoms with Crippen LogP contribution in [0.5, 0.6) is 0 Å². The van der Waals surface area contributed by atoms with E-state index in [9.17, 15) is 9.59 Å². The largest absolute Gasteiger partial charge is 0.332 e. The molecule has 1 unspecified atom stereocenters. The Kier molecular flexibility index (Phi) is 3.01. The van der Waals surface area contributed by atoms with Crippen LogP contribution in [0.2, 0.25) is 0 Å². The summed E-state index contributed by atoms with van der Waals surface area (Å²) < 4.78 is 4.52. The van der Waals surface area contributed by atoms with Gasteiger partial charge >= 0.3 is 5.69 Å². The number of imidazole rings is 1. The van der Waals surface area contributed by atoms with Crippen molar-refractivity contribution in [2.45, 2.75) is 32.4 Å². The molecule has 0 saturated carbocycles. The van der Waals surface area contributed by atoms with Crippen LogP contribution in [0.1, 0.15) is 31.6 Å². The summed E-state index contributed by atoms with van der Waals surface area (Å²) in [7, 11) is 3.16. The Bertz CT molecular complexity index is 777. The Hall–Kier alpha value is -1.89. The molecule has 2 aromatic heterocycles. The second kappa shape index (κ2) is 4.59. The van der Waals surface area contributed by atoms with E-state index in [4.69, 9.17) is 0 Å². The number of hydrogen-bond donors (Lipinski definition) is 1. The molecule has 3 heterocycles. The molecule has 0 spiro atoms. The maximum Gasteiger partial charge on any atom is 0.332 e. The van der Waals surface area contributed by atoms with Crippen molar-refractivity contribution in [2.24, 2.45) is 14.1 Å². The summed E-state index contributed by atoms with van der Waals surface area (Å²) in [5.41, 5.74) is 0.375. The van der Waals surface area contributed by atoms with Gasteiger partial charge < -0.3 is 9.88 Å². The third-order valence-corrected chi connectivity index (χ3v) is 4.07. The molecule has 7 heteroatoms. The molecule has 1 fully saturated rings. The van der Waals surface area contributed by atoms with Crippen molar-refractivity contribution in [3.05, 3.63) is 26.7 Å². The van der Waals surface area contributed by atoms with Crippen molar-refractivity contribution in [1.82, 2.24) is 24.0 Å². The molecule has 0 radical (unpaired) electrons. The van der Waals surface area contributed by atoms with E-state index in [1.54, 1.807) is 7.05 Å². The quantitative estimate of drug-likeness (QED) is 0.830. The molecule has 1 aliphatic rings. The molecule has 1 saturated heterocycles. The highest BCUT2D eigenvalue weighted by molar-refractivity contribution is 5.71. The maximum atomic E-state index is 12.4. The number of nitrogens with one attached hydrogen (secondary N) is 1. The molecule has 0 aromatic carbocycles. The van der Waals surface area contributed by atoms with Gasteiger partial charge in [0.2, 0.25) is 0 Å². The molecule has 0 aliphatic carbocycles. The van der Waals surface area contributed by atoms with E-state index in [-0.39, 0.29) is 17.3 Å². The van der Waals surface area contributed by atoms with Crippen molar-refractivity contribution in [2.75, 3.05) is 6.54 Å². The average molecular weight is 277 g/mol. The topological polar surface area (TPSA) is 73.8 Å². The number of rotatable bonds is 2. The van der Waals surface area contributed by atoms with Crippen LogP contribution >= 0.6 is 0 Å². The van der Waals surface area contributed by atoms with Crippen LogP contribution < -0.4 is 16.6 Å². The molecular formula is C13H19N5O2. The molecule has 7 nitrogen and oxygen atoms in total. The highest BCUT2D eigenvalue weighted by Crippen LogP contribution is 2.24. The Labute approximate surface area is 115 Å². The van der Waals surface area contributed by atoms with E-state index in [1.165, 1.54) is 11.6 Å². The minimum Gasteiger partial charge on any atom is -0.321 e. The third-order valence-electron chi connectivity index (χ3n) is 4.07. The standard InChI is InChI=1S/C13H19N5O2/c1-4-18-9-11(15-10(18)8-6-5-7-14-8)16(2)13(20)17(3)12(9)19/h8,14H,4-7H2,1-3H3. The van der Waals surface area contributed by atoms with Gasteiger partial charge in [-0.2, -0.15) is 0 Å². The zero-order valence-corrected chi connectivity index (χ0v) is 12.0. The summed E-state index contributed by atoms with van der Waals surface area (Å²) in [4.78, 5) is 29.0. The minimum absolute atomic E-state index is 0.169. The van der Waals surface area contributed by atoms with E-state index in [0.29, 0.717) is 17.7 Å². The first-order valence-corrected chi connectivity index (χ1v) is 6.95. The summed E-state index contributed by atoms with van der Waals surface area (Å²) in [6.07, 6.45) is 2.12. The summed E-state index contributed by atoms with van der Waals surface area (Å²) >= 11 is 0. The SMILES string of the molecule is CCn1c(C2CCCN2)nc2c1c(=O)n(C)c(=O)n2C. The highest BCUT2D eigenvalue weighted by Gasteiger charge is 2.25. The smallest absolute Gasteiger partial charge is 0.321 e. The van der Waals surface area contributed by atoms with E-state index in [1.807, 2.05) is 11.5 Å². The van der Waals surface area contributed by atoms with Gasteiger partial charge in [0.15, 0.2) is 11.2 Å². The van der Waals surface area contributed by atoms with Crippen molar-refractivity contribution >= 4 is 11.2 Å². The van der Waals surface area contributed by atoms with Crippen LogP contribution in [0.4, 0.5) is 0 Å². The fourth-order valence-electron chi connectivity index (χ4n) is 2.95. The maximum absolute atomic E-state index is 12.4. The Balaban J connectivity index is 2.40. The lowest BCUT2D eigenvalue weighted by Gasteiger charge is -2.11. The first-order chi connectivity index (χ1) is 9.56. The lowest BCUT2D eigenvalue weighted by atomic mass is 10.2. The second-order valence-corrected chi connectivity index (χ2v) is 5.24. The third kappa shape index (κ3) is 1.66. The van der Waals surface area contributed by atoms with Crippen LogP contribution in [0, 0.1) is 0 Å². The molecule has 108 valence electrons. The van der Waals surface area contributed by atoms with Gasteiger partial charge in [0.05, 0.1) is 6.04 Å². The van der Waals surface area contributed by atoms with Crippen LogP contribution in [0.15, 0.2) is 9.59 Å². The first-order valence-electron chi connectivity index (χ1n) is 6.95. The highest BCUT2D eigenvalue weighted by atomic mass is 16.2. The molecule has 20 heavy (non-hydrogen) atoms. The summed E-state index contributed by atoms with van der Waals surface area (Å²) in [6, 6.07) is 0.169. The van der Waals surface area contributed by atoms with E-state index in [0.717, 1.165) is 29.8 Å². The molecule has 1 atom stereocenters. The van der Waals surface area contributed by atoms with Crippen molar-refractivity contribution < 1.29 is 0 Å². The number of nitrogens with zero attached hydrogens (tertiary/aromatic N) is 4. The fraction of sp³-hybridized carbons (Fsp3) is 0.615. The van der Waals surface area contributed by atoms with Gasteiger partial charge in [0.25, 0.3) is 5.56 Å². The molecule has 1 aliphatic heterocycles. The molecule has 3 rings (SSSR count).